The van der Waals surface area contributed by atoms with Gasteiger partial charge in [-0.3, -0.25) is 0 Å². The minimum absolute atomic E-state index is 0.130. The van der Waals surface area contributed by atoms with Gasteiger partial charge in [0.1, 0.15) is 0 Å². The maximum atomic E-state index is 6.30. The molecule has 0 N–H and O–H groups in total. The van der Waals surface area contributed by atoms with Crippen molar-refractivity contribution in [3.8, 4) is 0 Å². The Bertz CT molecular complexity index is 307. The molecular formula is C22H46O6. The molecule has 0 fully saturated rings. The van der Waals surface area contributed by atoms with Crippen LogP contribution in [0.15, 0.2) is 0 Å². The summed E-state index contributed by atoms with van der Waals surface area (Å²) in [5.74, 6) is 0. The number of rotatable bonds is 21. The first kappa shape index (κ1) is 27.8. The molecule has 6 nitrogen and oxygen atoms in total. The van der Waals surface area contributed by atoms with Gasteiger partial charge in [0.2, 0.25) is 0 Å². The first-order chi connectivity index (χ1) is 13.6. The highest BCUT2D eigenvalue weighted by Crippen LogP contribution is 2.28. The van der Waals surface area contributed by atoms with Gasteiger partial charge in [0.25, 0.3) is 0 Å². The van der Waals surface area contributed by atoms with E-state index in [1.165, 1.54) is 0 Å². The average Bonchev–Trinajstić information content (AvgIpc) is 2.71. The monoisotopic (exact) mass is 406 g/mol. The van der Waals surface area contributed by atoms with Gasteiger partial charge in [-0.05, 0) is 41.0 Å². The lowest BCUT2D eigenvalue weighted by Crippen LogP contribution is -2.44. The molecule has 28 heavy (non-hydrogen) atoms. The van der Waals surface area contributed by atoms with Crippen molar-refractivity contribution >= 4 is 0 Å². The predicted octanol–water partition coefficient (Wildman–Crippen LogP) is 3.96. The van der Waals surface area contributed by atoms with Gasteiger partial charge in [-0.25, -0.2) is 0 Å². The van der Waals surface area contributed by atoms with Crippen LogP contribution >= 0.6 is 0 Å². The molecule has 0 aliphatic rings. The van der Waals surface area contributed by atoms with Crippen molar-refractivity contribution in [1.29, 1.82) is 0 Å². The van der Waals surface area contributed by atoms with Crippen molar-refractivity contribution in [1.82, 2.24) is 0 Å². The van der Waals surface area contributed by atoms with Crippen molar-refractivity contribution in [2.75, 3.05) is 79.3 Å². The quantitative estimate of drug-likeness (QED) is 0.288. The van der Waals surface area contributed by atoms with Crippen molar-refractivity contribution in [2.24, 2.45) is 10.8 Å². The molecule has 0 saturated carbocycles. The van der Waals surface area contributed by atoms with Crippen LogP contribution in [-0.2, 0) is 28.4 Å². The van der Waals surface area contributed by atoms with Crippen molar-refractivity contribution in [3.63, 3.8) is 0 Å². The van der Waals surface area contributed by atoms with Gasteiger partial charge in [-0.15, -0.1) is 0 Å². The summed E-state index contributed by atoms with van der Waals surface area (Å²) >= 11 is 0. The van der Waals surface area contributed by atoms with E-state index in [2.05, 4.69) is 6.92 Å². The Balaban J connectivity index is 5.13. The zero-order valence-corrected chi connectivity index (χ0v) is 19.3. The fourth-order valence-corrected chi connectivity index (χ4v) is 3.20. The Morgan fingerprint density at radius 2 is 0.679 bits per heavy atom. The molecule has 0 aromatic heterocycles. The van der Waals surface area contributed by atoms with E-state index in [9.17, 15) is 0 Å². The van der Waals surface area contributed by atoms with E-state index in [1.807, 2.05) is 34.6 Å². The Labute approximate surface area is 173 Å². The molecule has 6 heteroatoms. The molecule has 0 heterocycles. The fraction of sp³-hybridized carbons (Fsp3) is 1.00. The summed E-state index contributed by atoms with van der Waals surface area (Å²) in [5.41, 5.74) is -0.438. The topological polar surface area (TPSA) is 55.4 Å². The van der Waals surface area contributed by atoms with E-state index < -0.39 is 0 Å². The third-order valence-corrected chi connectivity index (χ3v) is 4.66. The lowest BCUT2D eigenvalue weighted by molar-refractivity contribution is -0.128. The van der Waals surface area contributed by atoms with Crippen LogP contribution in [0.2, 0.25) is 0 Å². The van der Waals surface area contributed by atoms with Gasteiger partial charge in [0.15, 0.2) is 0 Å². The Kier molecular flexibility index (Phi) is 17.5. The number of hydrogen-bond acceptors (Lipinski definition) is 6. The number of ether oxygens (including phenoxy) is 6. The summed E-state index contributed by atoms with van der Waals surface area (Å²) in [6.45, 7) is 19.7. The second-order valence-electron chi connectivity index (χ2n) is 7.43. The molecule has 170 valence electrons. The molecule has 0 bridgehead atoms. The number of hydrogen-bond donors (Lipinski definition) is 0. The van der Waals surface area contributed by atoms with Crippen LogP contribution in [0.4, 0.5) is 0 Å². The van der Waals surface area contributed by atoms with Gasteiger partial charge in [-0.1, -0.05) is 13.3 Å². The Morgan fingerprint density at radius 1 is 0.393 bits per heavy atom. The summed E-state index contributed by atoms with van der Waals surface area (Å²) in [5, 5.41) is 0. The average molecular weight is 407 g/mol. The van der Waals surface area contributed by atoms with Gasteiger partial charge >= 0.3 is 0 Å². The zero-order valence-electron chi connectivity index (χ0n) is 19.3. The maximum Gasteiger partial charge on any atom is 0.0637 e. The van der Waals surface area contributed by atoms with Gasteiger partial charge in [0.05, 0.1) is 51.7 Å². The minimum atomic E-state index is -0.308. The molecule has 0 radical (unpaired) electrons. The van der Waals surface area contributed by atoms with Crippen LogP contribution in [0.1, 0.15) is 54.4 Å². The van der Waals surface area contributed by atoms with E-state index in [-0.39, 0.29) is 10.8 Å². The van der Waals surface area contributed by atoms with Crippen LogP contribution in [0.25, 0.3) is 0 Å². The van der Waals surface area contributed by atoms with E-state index in [1.54, 1.807) is 0 Å². The molecule has 0 saturated heterocycles. The Hall–Kier alpha value is -0.240. The second kappa shape index (κ2) is 17.6. The molecular weight excluding hydrogens is 360 g/mol. The lowest BCUT2D eigenvalue weighted by Gasteiger charge is -2.36. The highest BCUT2D eigenvalue weighted by Gasteiger charge is 2.35. The second-order valence-corrected chi connectivity index (χ2v) is 7.43. The van der Waals surface area contributed by atoms with E-state index in [0.29, 0.717) is 79.3 Å². The molecule has 0 spiro atoms. The highest BCUT2D eigenvalue weighted by atomic mass is 16.5. The third kappa shape index (κ3) is 11.7. The zero-order chi connectivity index (χ0) is 21.1. The minimum Gasteiger partial charge on any atom is -0.381 e. The summed E-state index contributed by atoms with van der Waals surface area (Å²) in [6.07, 6.45) is 2.06. The summed E-state index contributed by atoms with van der Waals surface area (Å²) in [6, 6.07) is 0. The van der Waals surface area contributed by atoms with Gasteiger partial charge in [0, 0.05) is 38.4 Å². The summed E-state index contributed by atoms with van der Waals surface area (Å²) in [7, 11) is 0. The molecule has 0 atom stereocenters. The molecule has 0 aromatic carbocycles. The first-order valence-corrected chi connectivity index (χ1v) is 11.0. The fourth-order valence-electron chi connectivity index (χ4n) is 3.20. The molecule has 0 aromatic rings. The van der Waals surface area contributed by atoms with Crippen LogP contribution in [0.5, 0.6) is 0 Å². The van der Waals surface area contributed by atoms with Crippen molar-refractivity contribution in [3.05, 3.63) is 0 Å². The SMILES string of the molecule is CCCC(COCC)(COCC)COCC(COCC)(COCC)COCC. The van der Waals surface area contributed by atoms with Crippen LogP contribution < -0.4 is 0 Å². The Morgan fingerprint density at radius 3 is 1.00 bits per heavy atom. The third-order valence-electron chi connectivity index (χ3n) is 4.66. The largest absolute Gasteiger partial charge is 0.381 e. The van der Waals surface area contributed by atoms with Crippen molar-refractivity contribution < 1.29 is 28.4 Å². The van der Waals surface area contributed by atoms with E-state index in [0.717, 1.165) is 12.8 Å². The molecule has 0 unspecified atom stereocenters. The van der Waals surface area contributed by atoms with Crippen LogP contribution in [0, 0.1) is 10.8 Å². The molecule has 0 aliphatic heterocycles. The van der Waals surface area contributed by atoms with Crippen LogP contribution in [-0.4, -0.2) is 79.3 Å². The first-order valence-electron chi connectivity index (χ1n) is 11.0. The summed E-state index contributed by atoms with van der Waals surface area (Å²) < 4.78 is 35.2. The predicted molar refractivity (Wildman–Crippen MR) is 113 cm³/mol. The highest BCUT2D eigenvalue weighted by molar-refractivity contribution is 4.82. The maximum absolute atomic E-state index is 6.30. The molecule has 0 aliphatic carbocycles. The molecule has 0 amide bonds. The van der Waals surface area contributed by atoms with E-state index >= 15 is 0 Å². The van der Waals surface area contributed by atoms with Gasteiger partial charge in [-0.2, -0.15) is 0 Å². The molecule has 0 rings (SSSR count). The van der Waals surface area contributed by atoms with Crippen LogP contribution in [0.3, 0.4) is 0 Å². The normalized spacial score (nSPS) is 12.6. The van der Waals surface area contributed by atoms with Gasteiger partial charge < -0.3 is 28.4 Å². The standard InChI is InChI=1S/C22H46O6/c1-7-13-21(14-23-8-2,15-24-9-3)16-28-20-22(17-25-10-4,18-26-11-5)19-27-12-6/h7-20H2,1-6H3. The smallest absolute Gasteiger partial charge is 0.0637 e. The van der Waals surface area contributed by atoms with Crippen molar-refractivity contribution in [2.45, 2.75) is 54.4 Å². The lowest BCUT2D eigenvalue weighted by atomic mass is 9.85. The van der Waals surface area contributed by atoms with E-state index in [4.69, 9.17) is 28.4 Å². The summed E-state index contributed by atoms with van der Waals surface area (Å²) in [4.78, 5) is 0.